The number of rotatable bonds is 10. The Balaban J connectivity index is 1.78. The predicted octanol–water partition coefficient (Wildman–Crippen LogP) is 7.31. The van der Waals surface area contributed by atoms with Crippen molar-refractivity contribution in [2.45, 2.75) is 84.7 Å². The minimum absolute atomic E-state index is 0.389. The van der Waals surface area contributed by atoms with Crippen LogP contribution in [0.2, 0.25) is 38.3 Å². The van der Waals surface area contributed by atoms with E-state index in [0.29, 0.717) is 5.75 Å². The van der Waals surface area contributed by atoms with Crippen LogP contribution in [0.15, 0.2) is 36.4 Å². The number of benzene rings is 2. The van der Waals surface area contributed by atoms with Crippen LogP contribution in [0.25, 0.3) is 0 Å². The summed E-state index contributed by atoms with van der Waals surface area (Å²) < 4.78 is 6.82. The summed E-state index contributed by atoms with van der Waals surface area (Å²) in [6.45, 7) is 15.9. The van der Waals surface area contributed by atoms with E-state index in [9.17, 15) is 5.11 Å². The van der Waals surface area contributed by atoms with Gasteiger partial charge in [-0.1, -0.05) is 30.3 Å². The lowest BCUT2D eigenvalue weighted by atomic mass is 10.0. The fourth-order valence-electron chi connectivity index (χ4n) is 4.12. The van der Waals surface area contributed by atoms with Gasteiger partial charge in [0.1, 0.15) is 5.75 Å². The van der Waals surface area contributed by atoms with Gasteiger partial charge in [0.05, 0.1) is 0 Å². The summed E-state index contributed by atoms with van der Waals surface area (Å²) in [5.74, 6) is 0.389. The first kappa shape index (κ1) is 23.9. The Morgan fingerprint density at radius 3 is 1.66 bits per heavy atom. The molecular weight excluding hydrogens is 388 g/mol. The minimum Gasteiger partial charge on any atom is -0.508 e. The highest BCUT2D eigenvalue weighted by molar-refractivity contribution is 6.84. The maximum atomic E-state index is 9.69. The normalized spacial score (nSPS) is 12.4. The molecule has 0 unspecified atom stereocenters. The lowest BCUT2D eigenvalue weighted by molar-refractivity contribution is 0.470. The highest BCUT2D eigenvalue weighted by atomic mass is 28.4. The van der Waals surface area contributed by atoms with E-state index in [1.165, 1.54) is 40.8 Å². The fraction of sp³-hybridized carbons (Fsp3) is 0.520. The van der Waals surface area contributed by atoms with Gasteiger partial charge in [-0.05, 0) is 119 Å². The van der Waals surface area contributed by atoms with Gasteiger partial charge in [-0.2, -0.15) is 0 Å². The molecule has 0 atom stereocenters. The molecule has 0 bridgehead atoms. The largest absolute Gasteiger partial charge is 0.508 e. The van der Waals surface area contributed by atoms with Crippen molar-refractivity contribution in [1.82, 2.24) is 0 Å². The monoisotopic (exact) mass is 428 g/mol. The third-order valence-electron chi connectivity index (χ3n) is 5.87. The number of aromatic hydroxyl groups is 1. The van der Waals surface area contributed by atoms with Crippen molar-refractivity contribution in [3.8, 4) is 5.75 Å². The van der Waals surface area contributed by atoms with E-state index in [-0.39, 0.29) is 0 Å². The second-order valence-electron chi connectivity index (χ2n) is 9.87. The number of phenols is 1. The molecule has 0 aromatic heterocycles. The maximum Gasteiger partial charge on any atom is 0.173 e. The van der Waals surface area contributed by atoms with Crippen molar-refractivity contribution in [2.75, 3.05) is 0 Å². The molecule has 0 aliphatic carbocycles. The maximum absolute atomic E-state index is 9.69. The Morgan fingerprint density at radius 1 is 0.690 bits per heavy atom. The van der Waals surface area contributed by atoms with E-state index in [0.717, 1.165) is 24.8 Å². The van der Waals surface area contributed by atoms with Crippen LogP contribution in [0, 0.1) is 20.8 Å². The Morgan fingerprint density at radius 2 is 1.17 bits per heavy atom. The standard InChI is InChI=1S/C25H40O2Si2/c1-20-12-13-23(18-21(20)2)10-8-16-28(4,5)27-29(6,7)17-9-11-24-14-15-25(26)22(3)19-24/h12-15,18-19,26H,8-11,16-17H2,1-7H3. The fourth-order valence-corrected chi connectivity index (χ4v) is 13.0. The summed E-state index contributed by atoms with van der Waals surface area (Å²) in [6.07, 6.45) is 4.61. The molecule has 0 saturated carbocycles. The van der Waals surface area contributed by atoms with Crippen molar-refractivity contribution < 1.29 is 9.22 Å². The lowest BCUT2D eigenvalue weighted by Gasteiger charge is -2.34. The topological polar surface area (TPSA) is 29.5 Å². The predicted molar refractivity (Wildman–Crippen MR) is 131 cm³/mol. The minimum atomic E-state index is -1.65. The van der Waals surface area contributed by atoms with Crippen molar-refractivity contribution in [3.63, 3.8) is 0 Å². The molecule has 0 aliphatic rings. The molecule has 0 spiro atoms. The number of aryl methyl sites for hydroxylation is 5. The third kappa shape index (κ3) is 8.11. The molecular formula is C25H40O2Si2. The Hall–Kier alpha value is -1.37. The highest BCUT2D eigenvalue weighted by Gasteiger charge is 2.32. The van der Waals surface area contributed by atoms with E-state index in [1.807, 2.05) is 19.1 Å². The molecule has 0 saturated heterocycles. The van der Waals surface area contributed by atoms with Gasteiger partial charge in [-0.15, -0.1) is 0 Å². The Labute approximate surface area is 180 Å². The van der Waals surface area contributed by atoms with Gasteiger partial charge >= 0.3 is 0 Å². The number of phenolic OH excluding ortho intramolecular Hbond substituents is 1. The molecule has 2 rings (SSSR count). The zero-order chi connectivity index (χ0) is 21.7. The van der Waals surface area contributed by atoms with E-state index >= 15 is 0 Å². The molecule has 0 amide bonds. The van der Waals surface area contributed by atoms with Gasteiger partial charge in [0.2, 0.25) is 0 Å². The van der Waals surface area contributed by atoms with Crippen LogP contribution in [0.3, 0.4) is 0 Å². The summed E-state index contributed by atoms with van der Waals surface area (Å²) in [7, 11) is -3.28. The second kappa shape index (κ2) is 10.1. The van der Waals surface area contributed by atoms with Crippen LogP contribution >= 0.6 is 0 Å². The molecule has 4 heteroatoms. The van der Waals surface area contributed by atoms with Gasteiger partial charge < -0.3 is 9.22 Å². The van der Waals surface area contributed by atoms with Crippen LogP contribution in [0.5, 0.6) is 5.75 Å². The molecule has 160 valence electrons. The van der Waals surface area contributed by atoms with Crippen molar-refractivity contribution in [3.05, 3.63) is 64.2 Å². The van der Waals surface area contributed by atoms with E-state index < -0.39 is 16.6 Å². The molecule has 0 radical (unpaired) electrons. The Bertz CT molecular complexity index is 745. The van der Waals surface area contributed by atoms with Crippen LogP contribution < -0.4 is 0 Å². The van der Waals surface area contributed by atoms with Gasteiger partial charge in [-0.25, -0.2) is 0 Å². The summed E-state index contributed by atoms with van der Waals surface area (Å²) in [5.41, 5.74) is 6.51. The molecule has 0 aliphatic heterocycles. The molecule has 2 nitrogen and oxygen atoms in total. The molecule has 0 fully saturated rings. The second-order valence-corrected chi connectivity index (χ2v) is 18.7. The molecule has 2 aromatic carbocycles. The van der Waals surface area contributed by atoms with Gasteiger partial charge in [-0.3, -0.25) is 0 Å². The van der Waals surface area contributed by atoms with E-state index in [4.69, 9.17) is 4.12 Å². The summed E-state index contributed by atoms with van der Waals surface area (Å²) in [4.78, 5) is 0. The van der Waals surface area contributed by atoms with Crippen LogP contribution in [0.1, 0.15) is 40.7 Å². The van der Waals surface area contributed by atoms with Gasteiger partial charge in [0.15, 0.2) is 16.6 Å². The first-order valence-corrected chi connectivity index (χ1v) is 17.3. The molecule has 0 heterocycles. The number of hydrogen-bond acceptors (Lipinski definition) is 2. The average molecular weight is 429 g/mol. The van der Waals surface area contributed by atoms with Crippen LogP contribution in [-0.2, 0) is 17.0 Å². The molecule has 2 aromatic rings. The SMILES string of the molecule is Cc1ccc(CCC[Si](C)(C)O[Si](C)(C)CCCc2ccc(O)c(C)c2)cc1C. The lowest BCUT2D eigenvalue weighted by Crippen LogP contribution is -2.44. The Kier molecular flexibility index (Phi) is 8.32. The quantitative estimate of drug-likeness (QED) is 0.402. The van der Waals surface area contributed by atoms with Gasteiger partial charge in [0, 0.05) is 0 Å². The van der Waals surface area contributed by atoms with Gasteiger partial charge in [0.25, 0.3) is 0 Å². The molecule has 1 N–H and O–H groups in total. The smallest absolute Gasteiger partial charge is 0.173 e. The number of hydrogen-bond donors (Lipinski definition) is 1. The zero-order valence-electron chi connectivity index (χ0n) is 19.6. The van der Waals surface area contributed by atoms with Crippen molar-refractivity contribution >= 4 is 16.6 Å². The van der Waals surface area contributed by atoms with E-state index in [1.54, 1.807) is 0 Å². The summed E-state index contributed by atoms with van der Waals surface area (Å²) in [6, 6.07) is 15.3. The third-order valence-corrected chi connectivity index (χ3v) is 13.4. The van der Waals surface area contributed by atoms with Crippen molar-refractivity contribution in [1.29, 1.82) is 0 Å². The summed E-state index contributed by atoms with van der Waals surface area (Å²) >= 11 is 0. The van der Waals surface area contributed by atoms with Crippen LogP contribution in [-0.4, -0.2) is 21.7 Å². The molecule has 29 heavy (non-hydrogen) atoms. The first-order chi connectivity index (χ1) is 13.5. The van der Waals surface area contributed by atoms with Crippen molar-refractivity contribution in [2.24, 2.45) is 0 Å². The average Bonchev–Trinajstić information content (AvgIpc) is 2.60. The van der Waals surface area contributed by atoms with Crippen LogP contribution in [0.4, 0.5) is 0 Å². The summed E-state index contributed by atoms with van der Waals surface area (Å²) in [5, 5.41) is 9.69. The highest BCUT2D eigenvalue weighted by Crippen LogP contribution is 2.26. The zero-order valence-corrected chi connectivity index (χ0v) is 21.6. The first-order valence-electron chi connectivity index (χ1n) is 11.0. The van der Waals surface area contributed by atoms with E-state index in [2.05, 4.69) is 64.3 Å².